The number of hydrogen-bond donors (Lipinski definition) is 1. The highest BCUT2D eigenvalue weighted by molar-refractivity contribution is 6.21. The lowest BCUT2D eigenvalue weighted by molar-refractivity contribution is 0.0482. The zero-order valence-electron chi connectivity index (χ0n) is 14.8. The van der Waals surface area contributed by atoms with Crippen molar-refractivity contribution >= 4 is 17.8 Å². The summed E-state index contributed by atoms with van der Waals surface area (Å²) >= 11 is 0. The van der Waals surface area contributed by atoms with E-state index in [-0.39, 0.29) is 36.3 Å². The molecule has 0 spiro atoms. The van der Waals surface area contributed by atoms with Crippen LogP contribution in [-0.2, 0) is 4.74 Å². The number of amides is 2. The van der Waals surface area contributed by atoms with E-state index in [9.17, 15) is 19.5 Å². The standard InChI is InChI=1S/C20H19NO6/c1-26-13-8-9-17(22)16(12-13)20(25)27-11-5-4-10-21-18(23)14-6-2-3-7-15(14)19(21)24/h2-3,6-9,12,22H,4-5,10-11H2,1H3. The van der Waals surface area contributed by atoms with Gasteiger partial charge in [-0.25, -0.2) is 4.79 Å². The maximum absolute atomic E-state index is 12.2. The largest absolute Gasteiger partial charge is 0.507 e. The highest BCUT2D eigenvalue weighted by Gasteiger charge is 2.34. The number of carbonyl (C=O) groups excluding carboxylic acids is 3. The Kier molecular flexibility index (Phi) is 5.40. The number of fused-ring (bicyclic) bond motifs is 1. The van der Waals surface area contributed by atoms with E-state index in [0.717, 1.165) is 0 Å². The van der Waals surface area contributed by atoms with Crippen LogP contribution in [0, 0.1) is 0 Å². The van der Waals surface area contributed by atoms with E-state index in [1.807, 2.05) is 0 Å². The number of unbranched alkanes of at least 4 members (excludes halogenated alkanes) is 1. The third-order valence-electron chi connectivity index (χ3n) is 4.31. The number of ether oxygens (including phenoxy) is 2. The number of hydrogen-bond acceptors (Lipinski definition) is 6. The van der Waals surface area contributed by atoms with Crippen molar-refractivity contribution in [3.63, 3.8) is 0 Å². The van der Waals surface area contributed by atoms with Gasteiger partial charge >= 0.3 is 5.97 Å². The second-order valence-corrected chi connectivity index (χ2v) is 6.03. The number of methoxy groups -OCH3 is 1. The van der Waals surface area contributed by atoms with E-state index in [4.69, 9.17) is 9.47 Å². The molecule has 0 aromatic heterocycles. The fourth-order valence-corrected chi connectivity index (χ4v) is 2.86. The predicted octanol–water partition coefficient (Wildman–Crippen LogP) is 2.63. The lowest BCUT2D eigenvalue weighted by Crippen LogP contribution is -2.30. The lowest BCUT2D eigenvalue weighted by atomic mass is 10.1. The fraction of sp³-hybridized carbons (Fsp3) is 0.250. The number of phenols is 1. The zero-order valence-corrected chi connectivity index (χ0v) is 14.8. The first-order valence-corrected chi connectivity index (χ1v) is 8.52. The molecule has 1 aliphatic heterocycles. The van der Waals surface area contributed by atoms with Crippen molar-refractivity contribution in [1.29, 1.82) is 0 Å². The SMILES string of the molecule is COc1ccc(O)c(C(=O)OCCCCN2C(=O)c3ccccc3C2=O)c1. The van der Waals surface area contributed by atoms with Crippen molar-refractivity contribution in [1.82, 2.24) is 4.90 Å². The van der Waals surface area contributed by atoms with Gasteiger partial charge < -0.3 is 14.6 Å². The summed E-state index contributed by atoms with van der Waals surface area (Å²) in [4.78, 5) is 37.7. The summed E-state index contributed by atoms with van der Waals surface area (Å²) in [7, 11) is 1.46. The molecule has 0 saturated heterocycles. The number of esters is 1. The van der Waals surface area contributed by atoms with Crippen molar-refractivity contribution in [2.75, 3.05) is 20.3 Å². The Morgan fingerprint density at radius 2 is 1.70 bits per heavy atom. The third-order valence-corrected chi connectivity index (χ3v) is 4.31. The Bertz CT molecular complexity index is 857. The monoisotopic (exact) mass is 369 g/mol. The normalized spacial score (nSPS) is 12.9. The number of aromatic hydroxyl groups is 1. The smallest absolute Gasteiger partial charge is 0.342 e. The molecular weight excluding hydrogens is 350 g/mol. The van der Waals surface area contributed by atoms with Crippen LogP contribution in [0.2, 0.25) is 0 Å². The molecule has 1 aliphatic rings. The van der Waals surface area contributed by atoms with Crippen LogP contribution >= 0.6 is 0 Å². The van der Waals surface area contributed by atoms with Crippen LogP contribution in [0.15, 0.2) is 42.5 Å². The van der Waals surface area contributed by atoms with E-state index in [0.29, 0.717) is 29.7 Å². The molecule has 1 N–H and O–H groups in total. The first-order valence-electron chi connectivity index (χ1n) is 8.52. The number of phenolic OH excluding ortho intramolecular Hbond substituents is 1. The van der Waals surface area contributed by atoms with E-state index >= 15 is 0 Å². The molecule has 0 atom stereocenters. The number of benzene rings is 2. The van der Waals surface area contributed by atoms with Gasteiger partial charge in [-0.15, -0.1) is 0 Å². The van der Waals surface area contributed by atoms with Crippen LogP contribution in [0.4, 0.5) is 0 Å². The molecule has 27 heavy (non-hydrogen) atoms. The maximum atomic E-state index is 12.2. The van der Waals surface area contributed by atoms with Gasteiger partial charge in [0.05, 0.1) is 24.8 Å². The average Bonchev–Trinajstić information content (AvgIpc) is 2.93. The topological polar surface area (TPSA) is 93.1 Å². The van der Waals surface area contributed by atoms with Crippen molar-refractivity contribution in [3.8, 4) is 11.5 Å². The van der Waals surface area contributed by atoms with E-state index < -0.39 is 5.97 Å². The van der Waals surface area contributed by atoms with Gasteiger partial charge in [-0.2, -0.15) is 0 Å². The molecule has 7 nitrogen and oxygen atoms in total. The molecule has 0 unspecified atom stereocenters. The Hall–Kier alpha value is -3.35. The Balaban J connectivity index is 1.47. The van der Waals surface area contributed by atoms with Crippen LogP contribution < -0.4 is 4.74 Å². The quantitative estimate of drug-likeness (QED) is 0.458. The molecule has 3 rings (SSSR count). The minimum absolute atomic E-state index is 0.0229. The van der Waals surface area contributed by atoms with Gasteiger partial charge in [0.15, 0.2) is 0 Å². The molecule has 140 valence electrons. The van der Waals surface area contributed by atoms with Gasteiger partial charge in [0.1, 0.15) is 17.1 Å². The average molecular weight is 369 g/mol. The van der Waals surface area contributed by atoms with Gasteiger partial charge in [0, 0.05) is 6.54 Å². The second kappa shape index (κ2) is 7.90. The summed E-state index contributed by atoms with van der Waals surface area (Å²) in [5, 5.41) is 9.75. The molecule has 0 bridgehead atoms. The summed E-state index contributed by atoms with van der Waals surface area (Å²) in [5.41, 5.74) is 0.861. The summed E-state index contributed by atoms with van der Waals surface area (Å²) in [5.74, 6) is -1.01. The molecule has 0 fully saturated rings. The van der Waals surface area contributed by atoms with Crippen LogP contribution in [-0.4, -0.2) is 48.1 Å². The molecule has 2 aromatic rings. The first kappa shape index (κ1) is 18.4. The lowest BCUT2D eigenvalue weighted by Gasteiger charge is -2.13. The van der Waals surface area contributed by atoms with Crippen molar-refractivity contribution in [2.45, 2.75) is 12.8 Å². The van der Waals surface area contributed by atoms with E-state index in [1.165, 1.54) is 30.2 Å². The van der Waals surface area contributed by atoms with Crippen molar-refractivity contribution in [2.24, 2.45) is 0 Å². The summed E-state index contributed by atoms with van der Waals surface area (Å²) in [6.45, 7) is 0.368. The molecule has 1 heterocycles. The van der Waals surface area contributed by atoms with Crippen molar-refractivity contribution in [3.05, 3.63) is 59.2 Å². The molecule has 2 aromatic carbocycles. The van der Waals surface area contributed by atoms with Gasteiger partial charge in [0.25, 0.3) is 11.8 Å². The predicted molar refractivity (Wildman–Crippen MR) is 96.0 cm³/mol. The number of imide groups is 1. The number of nitrogens with zero attached hydrogens (tertiary/aromatic N) is 1. The van der Waals surface area contributed by atoms with E-state index in [1.54, 1.807) is 24.3 Å². The first-order chi connectivity index (χ1) is 13.0. The summed E-state index contributed by atoms with van der Waals surface area (Å²) in [6.07, 6.45) is 0.979. The van der Waals surface area contributed by atoms with Gasteiger partial charge in [-0.1, -0.05) is 12.1 Å². The molecule has 0 aliphatic carbocycles. The molecule has 0 saturated carbocycles. The zero-order chi connectivity index (χ0) is 19.4. The molecule has 2 amide bonds. The Morgan fingerprint density at radius 3 is 2.33 bits per heavy atom. The molecule has 7 heteroatoms. The van der Waals surface area contributed by atoms with Crippen LogP contribution in [0.25, 0.3) is 0 Å². The van der Waals surface area contributed by atoms with Crippen LogP contribution in [0.3, 0.4) is 0 Å². The highest BCUT2D eigenvalue weighted by Crippen LogP contribution is 2.24. The maximum Gasteiger partial charge on any atom is 0.342 e. The van der Waals surface area contributed by atoms with Crippen LogP contribution in [0.1, 0.15) is 43.9 Å². The minimum Gasteiger partial charge on any atom is -0.507 e. The van der Waals surface area contributed by atoms with Gasteiger partial charge in [-0.05, 0) is 43.2 Å². The Morgan fingerprint density at radius 1 is 1.04 bits per heavy atom. The van der Waals surface area contributed by atoms with Crippen LogP contribution in [0.5, 0.6) is 11.5 Å². The summed E-state index contributed by atoms with van der Waals surface area (Å²) in [6, 6.07) is 11.0. The van der Waals surface area contributed by atoms with Gasteiger partial charge in [-0.3, -0.25) is 14.5 Å². The fourth-order valence-electron chi connectivity index (χ4n) is 2.86. The number of carbonyl (C=O) groups is 3. The molecular formula is C20H19NO6. The third kappa shape index (κ3) is 3.76. The van der Waals surface area contributed by atoms with Crippen molar-refractivity contribution < 1.29 is 29.0 Å². The second-order valence-electron chi connectivity index (χ2n) is 6.03. The molecule has 0 radical (unpaired) electrons. The number of rotatable bonds is 7. The Labute approximate surface area is 156 Å². The minimum atomic E-state index is -0.660. The van der Waals surface area contributed by atoms with E-state index in [2.05, 4.69) is 0 Å². The van der Waals surface area contributed by atoms with Gasteiger partial charge in [0.2, 0.25) is 0 Å². The highest BCUT2D eigenvalue weighted by atomic mass is 16.5. The summed E-state index contributed by atoms with van der Waals surface area (Å²) < 4.78 is 10.2.